The van der Waals surface area contributed by atoms with Crippen LogP contribution in [0.5, 0.6) is 5.75 Å². The van der Waals surface area contributed by atoms with Crippen LogP contribution in [-0.2, 0) is 0 Å². The number of hydrogen-bond acceptors (Lipinski definition) is 4. The number of ether oxygens (including phenoxy) is 1. The molecule has 6 nitrogen and oxygen atoms in total. The van der Waals surface area contributed by atoms with Crippen LogP contribution in [0.1, 0.15) is 104 Å². The lowest BCUT2D eigenvalue weighted by molar-refractivity contribution is 0.00301. The summed E-state index contributed by atoms with van der Waals surface area (Å²) in [6.45, 7) is 15.2. The Kier molecular flexibility index (Phi) is 10.9. The quantitative estimate of drug-likeness (QED) is 0.187. The summed E-state index contributed by atoms with van der Waals surface area (Å²) >= 11 is 0. The lowest BCUT2D eigenvalue weighted by atomic mass is 9.73. The van der Waals surface area contributed by atoms with Crippen molar-refractivity contribution in [2.24, 2.45) is 11.8 Å². The van der Waals surface area contributed by atoms with Gasteiger partial charge in [-0.15, -0.1) is 6.58 Å². The molecule has 0 aliphatic carbocycles. The van der Waals surface area contributed by atoms with Crippen molar-refractivity contribution in [2.45, 2.75) is 110 Å². The lowest BCUT2D eigenvalue weighted by Crippen LogP contribution is -2.59. The molecule has 2 N–H and O–H groups in total. The number of benzene rings is 1. The molecular formula is C34H52N4O2. The zero-order chi connectivity index (χ0) is 28.5. The SMILES string of the molecule is C=C[C@H]1CN2CC[C@H]1C[C@H]2[C@H](NC(=O)NC(C)(C)C)c1ccnc2ccc(OCCCCCCCCCC)cc12. The summed E-state index contributed by atoms with van der Waals surface area (Å²) < 4.78 is 6.22. The fraction of sp³-hybridized carbons (Fsp3) is 0.647. The Morgan fingerprint density at radius 3 is 2.58 bits per heavy atom. The van der Waals surface area contributed by atoms with E-state index in [-0.39, 0.29) is 23.7 Å². The summed E-state index contributed by atoms with van der Waals surface area (Å²) in [5, 5.41) is 7.56. The monoisotopic (exact) mass is 548 g/mol. The van der Waals surface area contributed by atoms with Crippen LogP contribution in [-0.4, -0.2) is 47.2 Å². The zero-order valence-corrected chi connectivity index (χ0v) is 25.4. The number of amides is 2. The number of pyridine rings is 1. The van der Waals surface area contributed by atoms with E-state index >= 15 is 0 Å². The predicted octanol–water partition coefficient (Wildman–Crippen LogP) is 7.79. The number of hydrogen-bond donors (Lipinski definition) is 2. The minimum absolute atomic E-state index is 0.132. The minimum Gasteiger partial charge on any atom is -0.494 e. The molecule has 2 bridgehead atoms. The Morgan fingerprint density at radius 2 is 1.90 bits per heavy atom. The minimum atomic E-state index is -0.314. The molecule has 3 fully saturated rings. The number of nitrogens with one attached hydrogen (secondary N) is 2. The van der Waals surface area contributed by atoms with Gasteiger partial charge in [0.2, 0.25) is 0 Å². The van der Waals surface area contributed by atoms with Crippen LogP contribution in [0, 0.1) is 11.8 Å². The van der Waals surface area contributed by atoms with Gasteiger partial charge in [-0.25, -0.2) is 4.79 Å². The van der Waals surface area contributed by atoms with Gasteiger partial charge in [-0.05, 0) is 88.2 Å². The van der Waals surface area contributed by atoms with Gasteiger partial charge in [-0.1, -0.05) is 57.9 Å². The van der Waals surface area contributed by atoms with Gasteiger partial charge in [0.15, 0.2) is 0 Å². The predicted molar refractivity (Wildman–Crippen MR) is 166 cm³/mol. The highest BCUT2D eigenvalue weighted by molar-refractivity contribution is 5.85. The van der Waals surface area contributed by atoms with Gasteiger partial charge in [0.25, 0.3) is 0 Å². The Labute approximate surface area is 242 Å². The van der Waals surface area contributed by atoms with Gasteiger partial charge in [0.05, 0.1) is 18.2 Å². The van der Waals surface area contributed by atoms with E-state index in [2.05, 4.69) is 58.3 Å². The number of fused-ring (bicyclic) bond motifs is 4. The van der Waals surface area contributed by atoms with Gasteiger partial charge >= 0.3 is 6.03 Å². The number of rotatable bonds is 14. The number of piperidine rings is 3. The van der Waals surface area contributed by atoms with Gasteiger partial charge in [0.1, 0.15) is 5.75 Å². The fourth-order valence-electron chi connectivity index (χ4n) is 6.56. The van der Waals surface area contributed by atoms with E-state index in [4.69, 9.17) is 4.74 Å². The zero-order valence-electron chi connectivity index (χ0n) is 25.4. The number of carbonyl (C=O) groups is 1. The molecule has 1 aromatic heterocycles. The fourth-order valence-corrected chi connectivity index (χ4v) is 6.56. The summed E-state index contributed by atoms with van der Waals surface area (Å²) in [5.74, 6) is 2.01. The largest absolute Gasteiger partial charge is 0.494 e. The van der Waals surface area contributed by atoms with E-state index < -0.39 is 0 Å². The van der Waals surface area contributed by atoms with Crippen molar-refractivity contribution in [1.29, 1.82) is 0 Å². The highest BCUT2D eigenvalue weighted by Gasteiger charge is 2.43. The Balaban J connectivity index is 1.50. The third kappa shape index (κ3) is 8.22. The van der Waals surface area contributed by atoms with Crippen molar-refractivity contribution >= 4 is 16.9 Å². The number of nitrogens with zero attached hydrogens (tertiary/aromatic N) is 2. The molecule has 0 saturated carbocycles. The van der Waals surface area contributed by atoms with Crippen molar-refractivity contribution in [3.63, 3.8) is 0 Å². The maximum Gasteiger partial charge on any atom is 0.315 e. The highest BCUT2D eigenvalue weighted by atomic mass is 16.5. The number of urea groups is 1. The third-order valence-electron chi connectivity index (χ3n) is 8.66. The van der Waals surface area contributed by atoms with Crippen molar-refractivity contribution in [3.05, 3.63) is 48.7 Å². The first-order valence-electron chi connectivity index (χ1n) is 15.8. The third-order valence-corrected chi connectivity index (χ3v) is 8.66. The molecule has 5 rings (SSSR count). The second-order valence-electron chi connectivity index (χ2n) is 13.0. The maximum absolute atomic E-state index is 13.2. The molecular weight excluding hydrogens is 496 g/mol. The molecule has 0 radical (unpaired) electrons. The molecule has 1 unspecified atom stereocenters. The van der Waals surface area contributed by atoms with Crippen LogP contribution in [0.15, 0.2) is 43.1 Å². The van der Waals surface area contributed by atoms with Crippen molar-refractivity contribution in [2.75, 3.05) is 19.7 Å². The lowest BCUT2D eigenvalue weighted by Gasteiger charge is -2.51. The molecule has 2 aromatic rings. The Hall–Kier alpha value is -2.60. The molecule has 5 atom stereocenters. The molecule has 40 heavy (non-hydrogen) atoms. The normalized spacial score (nSPS) is 23.1. The Morgan fingerprint density at radius 1 is 1.15 bits per heavy atom. The van der Waals surface area contributed by atoms with Gasteiger partial charge in [-0.3, -0.25) is 9.88 Å². The van der Waals surface area contributed by atoms with Crippen LogP contribution < -0.4 is 15.4 Å². The Bertz CT molecular complexity index is 1110. The average Bonchev–Trinajstić information content (AvgIpc) is 2.94. The molecule has 6 heteroatoms. The van der Waals surface area contributed by atoms with E-state index in [9.17, 15) is 4.79 Å². The van der Waals surface area contributed by atoms with E-state index in [1.807, 2.05) is 33.0 Å². The van der Waals surface area contributed by atoms with Crippen LogP contribution in [0.3, 0.4) is 0 Å². The smallest absolute Gasteiger partial charge is 0.315 e. The first kappa shape index (κ1) is 30.4. The number of aromatic nitrogens is 1. The van der Waals surface area contributed by atoms with E-state index in [1.165, 1.54) is 51.4 Å². The van der Waals surface area contributed by atoms with E-state index in [0.717, 1.165) is 54.8 Å². The molecule has 3 saturated heterocycles. The van der Waals surface area contributed by atoms with Crippen LogP contribution in [0.25, 0.3) is 10.9 Å². The standard InChI is InChI=1S/C34H52N4O2/c1-6-8-9-10-11-12-13-14-21-40-27-15-16-30-29(23-27)28(17-19-35-30)32(36-33(39)37-34(3,4)5)31-22-26-18-20-38(31)24-25(26)7-2/h7,15-17,19,23,25-26,31-32H,2,6,8-14,18,20-22,24H2,1,3-5H3,(H2,36,37,39)/t25-,26-,31-,32+/m0/s1. The van der Waals surface area contributed by atoms with Crippen molar-refractivity contribution < 1.29 is 9.53 Å². The molecule has 1 aromatic carbocycles. The molecule has 220 valence electrons. The molecule has 3 aliphatic heterocycles. The average molecular weight is 549 g/mol. The van der Waals surface area contributed by atoms with Crippen molar-refractivity contribution in [1.82, 2.24) is 20.5 Å². The van der Waals surface area contributed by atoms with E-state index in [0.29, 0.717) is 11.8 Å². The van der Waals surface area contributed by atoms with Crippen LogP contribution in [0.4, 0.5) is 4.79 Å². The number of unbranched alkanes of at least 4 members (excludes halogenated alkanes) is 7. The first-order chi connectivity index (χ1) is 19.3. The molecule has 4 heterocycles. The summed E-state index contributed by atoms with van der Waals surface area (Å²) in [4.78, 5) is 20.4. The molecule has 0 spiro atoms. The second kappa shape index (κ2) is 14.3. The van der Waals surface area contributed by atoms with Crippen LogP contribution in [0.2, 0.25) is 0 Å². The van der Waals surface area contributed by atoms with Gasteiger partial charge < -0.3 is 15.4 Å². The second-order valence-corrected chi connectivity index (χ2v) is 13.0. The summed E-state index contributed by atoms with van der Waals surface area (Å²) in [6, 6.07) is 8.24. The first-order valence-corrected chi connectivity index (χ1v) is 15.8. The maximum atomic E-state index is 13.2. The summed E-state index contributed by atoms with van der Waals surface area (Å²) in [6.07, 6.45) is 16.5. The van der Waals surface area contributed by atoms with Crippen LogP contribution >= 0.6 is 0 Å². The topological polar surface area (TPSA) is 66.5 Å². The van der Waals surface area contributed by atoms with E-state index in [1.54, 1.807) is 0 Å². The summed E-state index contributed by atoms with van der Waals surface area (Å²) in [5.41, 5.74) is 1.73. The molecule has 2 amide bonds. The highest BCUT2D eigenvalue weighted by Crippen LogP contribution is 2.42. The van der Waals surface area contributed by atoms with Gasteiger partial charge in [-0.2, -0.15) is 0 Å². The van der Waals surface area contributed by atoms with Crippen molar-refractivity contribution in [3.8, 4) is 5.75 Å². The summed E-state index contributed by atoms with van der Waals surface area (Å²) in [7, 11) is 0. The molecule has 3 aliphatic rings. The number of carbonyl (C=O) groups excluding carboxylic acids is 1. The van der Waals surface area contributed by atoms with Gasteiger partial charge in [0, 0.05) is 29.7 Å².